The van der Waals surface area contributed by atoms with Gasteiger partial charge in [0.25, 0.3) is 0 Å². The van der Waals surface area contributed by atoms with Gasteiger partial charge in [-0.25, -0.2) is 0 Å². The molecule has 1 fully saturated rings. The van der Waals surface area contributed by atoms with E-state index in [0.717, 1.165) is 5.56 Å². The summed E-state index contributed by atoms with van der Waals surface area (Å²) in [4.78, 5) is 0. The van der Waals surface area contributed by atoms with Crippen LogP contribution < -0.4 is 0 Å². The van der Waals surface area contributed by atoms with Gasteiger partial charge in [0.2, 0.25) is 0 Å². The Bertz CT molecular complexity index is 364. The lowest BCUT2D eigenvalue weighted by molar-refractivity contribution is -0.157. The largest absolute Gasteiger partial charge is 0.389 e. The van der Waals surface area contributed by atoms with E-state index >= 15 is 0 Å². The topological polar surface area (TPSA) is 29.5 Å². The summed E-state index contributed by atoms with van der Waals surface area (Å²) >= 11 is 6.16. The molecule has 1 heterocycles. The average Bonchev–Trinajstić information content (AvgIpc) is 2.03. The number of rotatable bonds is 2. The normalized spacial score (nSPS) is 19.7. The van der Waals surface area contributed by atoms with Gasteiger partial charge in [-0.3, -0.25) is 0 Å². The summed E-state index contributed by atoms with van der Waals surface area (Å²) in [5.74, 6) is 0. The molecule has 1 saturated heterocycles. The molecular formula is C12H15ClO2. The Kier molecular flexibility index (Phi) is 2.53. The van der Waals surface area contributed by atoms with Crippen molar-refractivity contribution in [3.63, 3.8) is 0 Å². The van der Waals surface area contributed by atoms with Crippen LogP contribution in [0.2, 0.25) is 5.02 Å². The highest BCUT2D eigenvalue weighted by atomic mass is 35.5. The number of hydrogen-bond donors (Lipinski definition) is 1. The lowest BCUT2D eigenvalue weighted by Crippen LogP contribution is -2.60. The maximum Gasteiger partial charge on any atom is 0.0733 e. The van der Waals surface area contributed by atoms with Gasteiger partial charge in [-0.05, 0) is 25.5 Å². The molecule has 0 spiro atoms. The Morgan fingerprint density at radius 3 is 2.33 bits per heavy atom. The summed E-state index contributed by atoms with van der Waals surface area (Å²) in [6.45, 7) is 4.66. The highest BCUT2D eigenvalue weighted by Gasteiger charge is 2.52. The molecule has 0 radical (unpaired) electrons. The monoisotopic (exact) mass is 226 g/mol. The van der Waals surface area contributed by atoms with Crippen LogP contribution in [0, 0.1) is 0 Å². The smallest absolute Gasteiger partial charge is 0.0733 e. The van der Waals surface area contributed by atoms with Crippen molar-refractivity contribution in [3.8, 4) is 0 Å². The molecule has 2 nitrogen and oxygen atoms in total. The quantitative estimate of drug-likeness (QED) is 0.839. The van der Waals surface area contributed by atoms with Gasteiger partial charge in [-0.15, -0.1) is 0 Å². The lowest BCUT2D eigenvalue weighted by atomic mass is 9.67. The molecule has 2 rings (SSSR count). The number of halogens is 1. The van der Waals surface area contributed by atoms with Crippen molar-refractivity contribution in [2.24, 2.45) is 0 Å². The molecule has 0 amide bonds. The van der Waals surface area contributed by atoms with E-state index in [1.807, 2.05) is 24.3 Å². The fraction of sp³-hybridized carbons (Fsp3) is 0.500. The van der Waals surface area contributed by atoms with E-state index in [2.05, 4.69) is 0 Å². The minimum atomic E-state index is -0.823. The molecular weight excluding hydrogens is 212 g/mol. The Morgan fingerprint density at radius 2 is 1.93 bits per heavy atom. The maximum absolute atomic E-state index is 10.2. The van der Waals surface area contributed by atoms with E-state index in [1.54, 1.807) is 13.8 Å². The minimum Gasteiger partial charge on any atom is -0.389 e. The maximum atomic E-state index is 10.2. The number of ether oxygens (including phenoxy) is 1. The molecule has 82 valence electrons. The van der Waals surface area contributed by atoms with Crippen LogP contribution in [0.25, 0.3) is 0 Å². The molecule has 1 N–H and O–H groups in total. The van der Waals surface area contributed by atoms with E-state index in [9.17, 15) is 5.11 Å². The van der Waals surface area contributed by atoms with Crippen LogP contribution in [-0.2, 0) is 10.2 Å². The van der Waals surface area contributed by atoms with Crippen LogP contribution in [0.15, 0.2) is 24.3 Å². The molecule has 1 aromatic rings. The fourth-order valence-corrected chi connectivity index (χ4v) is 2.31. The first-order valence-corrected chi connectivity index (χ1v) is 5.40. The van der Waals surface area contributed by atoms with Crippen molar-refractivity contribution in [2.45, 2.75) is 24.9 Å². The van der Waals surface area contributed by atoms with Crippen LogP contribution in [-0.4, -0.2) is 23.9 Å². The highest BCUT2D eigenvalue weighted by Crippen LogP contribution is 2.44. The van der Waals surface area contributed by atoms with Gasteiger partial charge in [-0.2, -0.15) is 0 Å². The average molecular weight is 227 g/mol. The Hall–Kier alpha value is -0.570. The molecule has 1 aromatic carbocycles. The first kappa shape index (κ1) is 10.9. The predicted octanol–water partition coefficient (Wildman–Crippen LogP) is 2.38. The van der Waals surface area contributed by atoms with Crippen molar-refractivity contribution in [3.05, 3.63) is 34.9 Å². The molecule has 0 aliphatic carbocycles. The van der Waals surface area contributed by atoms with Crippen LogP contribution in [0.3, 0.4) is 0 Å². The second kappa shape index (κ2) is 3.48. The third kappa shape index (κ3) is 1.57. The van der Waals surface area contributed by atoms with E-state index in [1.165, 1.54) is 0 Å². The van der Waals surface area contributed by atoms with E-state index in [0.29, 0.717) is 18.2 Å². The fourth-order valence-electron chi connectivity index (χ4n) is 1.99. The molecule has 0 unspecified atom stereocenters. The van der Waals surface area contributed by atoms with Crippen molar-refractivity contribution in [2.75, 3.05) is 13.2 Å². The molecule has 0 bridgehead atoms. The van der Waals surface area contributed by atoms with Gasteiger partial charge in [0, 0.05) is 5.02 Å². The van der Waals surface area contributed by atoms with Gasteiger partial charge in [0.1, 0.15) is 0 Å². The molecule has 0 aromatic heterocycles. The molecule has 1 aliphatic rings. The van der Waals surface area contributed by atoms with Crippen molar-refractivity contribution < 1.29 is 9.84 Å². The summed E-state index contributed by atoms with van der Waals surface area (Å²) < 4.78 is 5.26. The van der Waals surface area contributed by atoms with E-state index in [-0.39, 0.29) is 5.41 Å². The number of benzene rings is 1. The van der Waals surface area contributed by atoms with Gasteiger partial charge >= 0.3 is 0 Å². The first-order valence-electron chi connectivity index (χ1n) is 5.02. The van der Waals surface area contributed by atoms with Gasteiger partial charge in [0.15, 0.2) is 0 Å². The summed E-state index contributed by atoms with van der Waals surface area (Å²) in [7, 11) is 0. The van der Waals surface area contributed by atoms with E-state index in [4.69, 9.17) is 16.3 Å². The SMILES string of the molecule is CC(C)(O)C1(c2ccccc2Cl)COC1. The zero-order valence-corrected chi connectivity index (χ0v) is 9.71. The third-order valence-electron chi connectivity index (χ3n) is 3.26. The van der Waals surface area contributed by atoms with Crippen molar-refractivity contribution in [1.82, 2.24) is 0 Å². The van der Waals surface area contributed by atoms with Crippen LogP contribution >= 0.6 is 11.6 Å². The third-order valence-corrected chi connectivity index (χ3v) is 3.59. The number of aliphatic hydroxyl groups is 1. The molecule has 1 aliphatic heterocycles. The predicted molar refractivity (Wildman–Crippen MR) is 60.2 cm³/mol. The minimum absolute atomic E-state index is 0.356. The molecule has 0 atom stereocenters. The van der Waals surface area contributed by atoms with E-state index < -0.39 is 5.60 Å². The standard InChI is InChI=1S/C12H15ClO2/c1-11(2,14)12(7-15-8-12)9-5-3-4-6-10(9)13/h3-6,14H,7-8H2,1-2H3. The van der Waals surface area contributed by atoms with Crippen molar-refractivity contribution >= 4 is 11.6 Å². The summed E-state index contributed by atoms with van der Waals surface area (Å²) in [6, 6.07) is 7.64. The summed E-state index contributed by atoms with van der Waals surface area (Å²) in [6.07, 6.45) is 0. The Morgan fingerprint density at radius 1 is 1.33 bits per heavy atom. The summed E-state index contributed by atoms with van der Waals surface area (Å²) in [5.41, 5.74) is -0.202. The van der Waals surface area contributed by atoms with Gasteiger partial charge in [0.05, 0.1) is 24.2 Å². The zero-order chi connectivity index (χ0) is 11.1. The Labute approximate surface area is 94.8 Å². The molecule has 3 heteroatoms. The van der Waals surface area contributed by atoms with Crippen LogP contribution in [0.5, 0.6) is 0 Å². The molecule has 0 saturated carbocycles. The van der Waals surface area contributed by atoms with Gasteiger partial charge < -0.3 is 9.84 Å². The summed E-state index contributed by atoms with van der Waals surface area (Å²) in [5, 5.41) is 10.9. The Balaban J connectivity index is 2.48. The second-order valence-corrected chi connectivity index (χ2v) is 5.02. The molecule has 15 heavy (non-hydrogen) atoms. The van der Waals surface area contributed by atoms with Crippen LogP contribution in [0.1, 0.15) is 19.4 Å². The van der Waals surface area contributed by atoms with Crippen molar-refractivity contribution in [1.29, 1.82) is 0 Å². The second-order valence-electron chi connectivity index (χ2n) is 4.61. The lowest BCUT2D eigenvalue weighted by Gasteiger charge is -2.50. The highest BCUT2D eigenvalue weighted by molar-refractivity contribution is 6.31. The first-order chi connectivity index (χ1) is 6.97. The van der Waals surface area contributed by atoms with Crippen LogP contribution in [0.4, 0.5) is 0 Å². The zero-order valence-electron chi connectivity index (χ0n) is 8.96. The van der Waals surface area contributed by atoms with Gasteiger partial charge in [-0.1, -0.05) is 29.8 Å². The number of hydrogen-bond acceptors (Lipinski definition) is 2.